The van der Waals surface area contributed by atoms with Gasteiger partial charge in [-0.2, -0.15) is 13.2 Å². The van der Waals surface area contributed by atoms with Crippen molar-refractivity contribution in [2.45, 2.75) is 65.5 Å². The smallest absolute Gasteiger partial charge is 0.311 e. The largest absolute Gasteiger partial charge is 0.417 e. The molecular formula is C38H38F3N3. The molecule has 44 heavy (non-hydrogen) atoms. The fraction of sp³-hybridized carbons (Fsp3) is 0.263. The second kappa shape index (κ2) is 11.6. The van der Waals surface area contributed by atoms with Gasteiger partial charge < -0.3 is 4.90 Å². The maximum absolute atomic E-state index is 13.7. The molecule has 0 amide bonds. The topological polar surface area (TPSA) is 29.0 Å². The number of hydrogen-bond donors (Lipinski definition) is 0. The molecule has 0 unspecified atom stereocenters. The van der Waals surface area contributed by atoms with Crippen LogP contribution in [0.15, 0.2) is 103 Å². The predicted octanol–water partition coefficient (Wildman–Crippen LogP) is 11.2. The third-order valence-electron chi connectivity index (χ3n) is 7.82. The molecule has 0 aliphatic heterocycles. The summed E-state index contributed by atoms with van der Waals surface area (Å²) in [7, 11) is 0. The summed E-state index contributed by atoms with van der Waals surface area (Å²) in [5, 5.41) is 0. The van der Waals surface area contributed by atoms with Gasteiger partial charge in [-0.05, 0) is 76.9 Å². The van der Waals surface area contributed by atoms with Crippen LogP contribution < -0.4 is 4.90 Å². The van der Waals surface area contributed by atoms with Crippen LogP contribution in [0.4, 0.5) is 30.2 Å². The predicted molar refractivity (Wildman–Crippen MR) is 175 cm³/mol. The lowest BCUT2D eigenvalue weighted by Crippen LogP contribution is -2.14. The molecule has 0 atom stereocenters. The third kappa shape index (κ3) is 6.70. The highest BCUT2D eigenvalue weighted by Gasteiger charge is 2.34. The van der Waals surface area contributed by atoms with E-state index in [9.17, 15) is 13.2 Å². The Kier molecular flexibility index (Phi) is 8.15. The van der Waals surface area contributed by atoms with Crippen molar-refractivity contribution in [3.63, 3.8) is 0 Å². The standard InChI is InChI=1S/C38H38F3N3/c1-25-8-21-33(34(22-25)38(39,40)41)35-42-23-27(24-43-35)26-9-15-30(16-10-26)44(31-17-11-28(12-18-31)36(2,3)4)32-19-13-29(14-20-32)37(5,6)7/h8-24H,1-7H3. The van der Waals surface area contributed by atoms with Gasteiger partial charge in [-0.3, -0.25) is 0 Å². The van der Waals surface area contributed by atoms with E-state index in [-0.39, 0.29) is 22.2 Å². The van der Waals surface area contributed by atoms with Crippen LogP contribution in [-0.2, 0) is 17.0 Å². The van der Waals surface area contributed by atoms with Gasteiger partial charge in [-0.1, -0.05) is 95.6 Å². The van der Waals surface area contributed by atoms with Gasteiger partial charge >= 0.3 is 6.18 Å². The van der Waals surface area contributed by atoms with Crippen LogP contribution >= 0.6 is 0 Å². The lowest BCUT2D eigenvalue weighted by atomic mass is 9.86. The number of benzene rings is 4. The van der Waals surface area contributed by atoms with Crippen molar-refractivity contribution >= 4 is 17.1 Å². The van der Waals surface area contributed by atoms with E-state index >= 15 is 0 Å². The molecule has 4 aromatic carbocycles. The Morgan fingerprint density at radius 1 is 0.545 bits per heavy atom. The summed E-state index contributed by atoms with van der Waals surface area (Å²) in [5.74, 6) is 0.0428. The Labute approximate surface area is 258 Å². The Hall–Kier alpha value is -4.45. The summed E-state index contributed by atoms with van der Waals surface area (Å²) >= 11 is 0. The van der Waals surface area contributed by atoms with Crippen molar-refractivity contribution in [2.75, 3.05) is 4.90 Å². The molecule has 0 saturated carbocycles. The zero-order chi connectivity index (χ0) is 31.9. The van der Waals surface area contributed by atoms with Gasteiger partial charge in [-0.15, -0.1) is 0 Å². The lowest BCUT2D eigenvalue weighted by molar-refractivity contribution is -0.137. The van der Waals surface area contributed by atoms with E-state index in [1.807, 2.05) is 24.3 Å². The molecule has 1 aromatic heterocycles. The zero-order valence-electron chi connectivity index (χ0n) is 26.3. The highest BCUT2D eigenvalue weighted by molar-refractivity contribution is 5.78. The molecule has 5 aromatic rings. The number of aryl methyl sites for hydroxylation is 1. The Bertz CT molecular complexity index is 1670. The highest BCUT2D eigenvalue weighted by Crippen LogP contribution is 2.39. The van der Waals surface area contributed by atoms with Crippen LogP contribution in [0.1, 0.15) is 63.8 Å². The zero-order valence-corrected chi connectivity index (χ0v) is 26.3. The fourth-order valence-electron chi connectivity index (χ4n) is 5.17. The molecular weight excluding hydrogens is 555 g/mol. The second-order valence-corrected chi connectivity index (χ2v) is 13.3. The molecule has 226 valence electrons. The van der Waals surface area contributed by atoms with Crippen molar-refractivity contribution in [1.29, 1.82) is 0 Å². The van der Waals surface area contributed by atoms with Gasteiger partial charge in [0.2, 0.25) is 0 Å². The van der Waals surface area contributed by atoms with E-state index in [1.165, 1.54) is 17.2 Å². The normalized spacial score (nSPS) is 12.3. The molecule has 0 N–H and O–H groups in total. The van der Waals surface area contributed by atoms with E-state index in [0.717, 1.165) is 34.3 Å². The van der Waals surface area contributed by atoms with E-state index < -0.39 is 11.7 Å². The van der Waals surface area contributed by atoms with Crippen molar-refractivity contribution < 1.29 is 13.2 Å². The van der Waals surface area contributed by atoms with Crippen molar-refractivity contribution in [3.05, 3.63) is 126 Å². The van der Waals surface area contributed by atoms with Crippen LogP contribution in [0, 0.1) is 6.92 Å². The molecule has 5 rings (SSSR count). The van der Waals surface area contributed by atoms with E-state index in [1.54, 1.807) is 25.4 Å². The van der Waals surface area contributed by atoms with Crippen LogP contribution in [-0.4, -0.2) is 9.97 Å². The Morgan fingerprint density at radius 2 is 0.977 bits per heavy atom. The van der Waals surface area contributed by atoms with Crippen LogP contribution in [0.25, 0.3) is 22.5 Å². The van der Waals surface area contributed by atoms with Crippen molar-refractivity contribution in [2.24, 2.45) is 0 Å². The number of anilines is 3. The highest BCUT2D eigenvalue weighted by atomic mass is 19.4. The summed E-state index contributed by atoms with van der Waals surface area (Å²) in [6, 6.07) is 29.6. The SMILES string of the molecule is Cc1ccc(-c2ncc(-c3ccc(N(c4ccc(C(C)(C)C)cc4)c4ccc(C(C)(C)C)cc4)cc3)cn2)c(C(F)(F)F)c1. The summed E-state index contributed by atoms with van der Waals surface area (Å²) in [6.45, 7) is 14.9. The number of alkyl halides is 3. The first-order valence-corrected chi connectivity index (χ1v) is 14.7. The summed E-state index contributed by atoms with van der Waals surface area (Å²) in [5.41, 5.74) is 7.03. The van der Waals surface area contributed by atoms with Gasteiger partial charge in [0.05, 0.1) is 5.56 Å². The molecule has 0 radical (unpaired) electrons. The average Bonchev–Trinajstić information content (AvgIpc) is 2.97. The molecule has 0 spiro atoms. The van der Waals surface area contributed by atoms with Crippen LogP contribution in [0.2, 0.25) is 0 Å². The minimum Gasteiger partial charge on any atom is -0.311 e. The molecule has 0 saturated heterocycles. The minimum atomic E-state index is -4.49. The van der Waals surface area contributed by atoms with Gasteiger partial charge in [-0.25, -0.2) is 9.97 Å². The van der Waals surface area contributed by atoms with Crippen molar-refractivity contribution in [1.82, 2.24) is 9.97 Å². The van der Waals surface area contributed by atoms with Gasteiger partial charge in [0.15, 0.2) is 5.82 Å². The molecule has 0 bridgehead atoms. The number of aromatic nitrogens is 2. The van der Waals surface area contributed by atoms with E-state index in [2.05, 4.69) is 105 Å². The van der Waals surface area contributed by atoms with Gasteiger partial charge in [0.25, 0.3) is 0 Å². The van der Waals surface area contributed by atoms with Crippen molar-refractivity contribution in [3.8, 4) is 22.5 Å². The molecule has 0 aliphatic rings. The number of rotatable bonds is 5. The van der Waals surface area contributed by atoms with Crippen LogP contribution in [0.3, 0.4) is 0 Å². The first-order valence-electron chi connectivity index (χ1n) is 14.7. The first kappa shape index (κ1) is 31.0. The molecule has 1 heterocycles. The quantitative estimate of drug-likeness (QED) is 0.203. The van der Waals surface area contributed by atoms with Crippen LogP contribution in [0.5, 0.6) is 0 Å². The number of halogens is 3. The first-order chi connectivity index (χ1) is 20.6. The second-order valence-electron chi connectivity index (χ2n) is 13.3. The maximum atomic E-state index is 13.7. The van der Waals surface area contributed by atoms with Gasteiger partial charge in [0, 0.05) is 40.6 Å². The average molecular weight is 594 g/mol. The summed E-state index contributed by atoms with van der Waals surface area (Å²) < 4.78 is 41.1. The number of nitrogens with zero attached hydrogens (tertiary/aromatic N) is 3. The minimum absolute atomic E-state index is 0.0319. The fourth-order valence-corrected chi connectivity index (χ4v) is 5.17. The van der Waals surface area contributed by atoms with Gasteiger partial charge in [0.1, 0.15) is 0 Å². The summed E-state index contributed by atoms with van der Waals surface area (Å²) in [6.07, 6.45) is -1.34. The van der Waals surface area contributed by atoms with E-state index in [4.69, 9.17) is 0 Å². The number of hydrogen-bond acceptors (Lipinski definition) is 3. The molecule has 0 aliphatic carbocycles. The molecule has 3 nitrogen and oxygen atoms in total. The molecule has 0 fully saturated rings. The maximum Gasteiger partial charge on any atom is 0.417 e. The third-order valence-corrected chi connectivity index (χ3v) is 7.82. The Morgan fingerprint density at radius 3 is 1.39 bits per heavy atom. The molecule has 6 heteroatoms. The van der Waals surface area contributed by atoms with E-state index in [0.29, 0.717) is 5.56 Å². The lowest BCUT2D eigenvalue weighted by Gasteiger charge is -2.28. The Balaban J connectivity index is 1.48. The summed E-state index contributed by atoms with van der Waals surface area (Å²) in [4.78, 5) is 10.9. The monoisotopic (exact) mass is 593 g/mol.